The number of hydrogen-bond donors (Lipinski definition) is 3. The Morgan fingerprint density at radius 3 is 2.63 bits per heavy atom. The molecule has 0 radical (unpaired) electrons. The van der Waals surface area contributed by atoms with Crippen molar-refractivity contribution >= 4 is 23.2 Å². The van der Waals surface area contributed by atoms with E-state index in [-0.39, 0.29) is 23.6 Å². The summed E-state index contributed by atoms with van der Waals surface area (Å²) in [5.74, 6) is -0.358. The average molecular weight is 369 g/mol. The fourth-order valence-corrected chi connectivity index (χ4v) is 2.43. The molecule has 3 N–H and O–H groups in total. The molecule has 0 aliphatic carbocycles. The van der Waals surface area contributed by atoms with Crippen molar-refractivity contribution in [2.45, 2.75) is 27.2 Å². The van der Waals surface area contributed by atoms with Gasteiger partial charge in [-0.3, -0.25) is 9.59 Å². The van der Waals surface area contributed by atoms with Crippen molar-refractivity contribution < 1.29 is 19.4 Å². The minimum absolute atomic E-state index is 0.00280. The molecule has 0 heterocycles. The molecule has 2 amide bonds. The van der Waals surface area contributed by atoms with Crippen LogP contribution in [0, 0.1) is 13.8 Å². The van der Waals surface area contributed by atoms with E-state index in [9.17, 15) is 14.7 Å². The number of nitrogens with zero attached hydrogens (tertiary/aromatic N) is 1. The standard InChI is InChI=1S/C20H23N3O4/c1-12-8-9-17(27-4)16(10-12)21-18(24)11-14(3)22-23-20(26)15-7-5-6-13(2)19(15)25/h5-10,25H,11H2,1-4H3,(H,21,24)(H,23,26)/b22-14+. The van der Waals surface area contributed by atoms with Crippen LogP contribution in [0.3, 0.4) is 0 Å². The molecule has 2 aromatic carbocycles. The van der Waals surface area contributed by atoms with E-state index in [0.29, 0.717) is 22.7 Å². The summed E-state index contributed by atoms with van der Waals surface area (Å²) in [5, 5.41) is 16.6. The number of para-hydroxylation sites is 1. The molecule has 7 nitrogen and oxygen atoms in total. The van der Waals surface area contributed by atoms with Crippen LogP contribution in [-0.2, 0) is 4.79 Å². The number of benzene rings is 2. The molecule has 142 valence electrons. The smallest absolute Gasteiger partial charge is 0.275 e. The maximum Gasteiger partial charge on any atom is 0.275 e. The zero-order valence-corrected chi connectivity index (χ0v) is 15.8. The van der Waals surface area contributed by atoms with Gasteiger partial charge in [0.15, 0.2) is 0 Å². The fourth-order valence-electron chi connectivity index (χ4n) is 2.43. The Labute approximate surface area is 158 Å². The van der Waals surface area contributed by atoms with Crippen molar-refractivity contribution in [1.29, 1.82) is 0 Å². The molecule has 0 saturated carbocycles. The van der Waals surface area contributed by atoms with Crippen LogP contribution in [0.1, 0.15) is 34.8 Å². The first-order chi connectivity index (χ1) is 12.8. The van der Waals surface area contributed by atoms with Crippen LogP contribution in [0.4, 0.5) is 5.69 Å². The lowest BCUT2D eigenvalue weighted by molar-refractivity contribution is -0.115. The number of rotatable bonds is 6. The molecule has 0 spiro atoms. The molecule has 0 saturated heterocycles. The van der Waals surface area contributed by atoms with Gasteiger partial charge in [0.1, 0.15) is 11.5 Å². The van der Waals surface area contributed by atoms with Gasteiger partial charge in [0.2, 0.25) is 5.91 Å². The Balaban J connectivity index is 1.99. The minimum atomic E-state index is -0.545. The molecule has 0 fully saturated rings. The summed E-state index contributed by atoms with van der Waals surface area (Å²) >= 11 is 0. The lowest BCUT2D eigenvalue weighted by atomic mass is 10.1. The lowest BCUT2D eigenvalue weighted by Crippen LogP contribution is -2.21. The molecular weight excluding hydrogens is 346 g/mol. The first-order valence-electron chi connectivity index (χ1n) is 8.38. The maximum atomic E-state index is 12.2. The van der Waals surface area contributed by atoms with E-state index in [1.54, 1.807) is 32.0 Å². The topological polar surface area (TPSA) is 100 Å². The predicted molar refractivity (Wildman–Crippen MR) is 104 cm³/mol. The molecule has 7 heteroatoms. The van der Waals surface area contributed by atoms with Crippen molar-refractivity contribution in [3.63, 3.8) is 0 Å². The number of hydrogen-bond acceptors (Lipinski definition) is 5. The molecule has 0 aliphatic rings. The molecule has 0 unspecified atom stereocenters. The highest BCUT2D eigenvalue weighted by atomic mass is 16.5. The molecular formula is C20H23N3O4. The van der Waals surface area contributed by atoms with Crippen LogP contribution in [-0.4, -0.2) is 29.7 Å². The monoisotopic (exact) mass is 369 g/mol. The highest BCUT2D eigenvalue weighted by Gasteiger charge is 2.13. The number of phenols is 1. The number of phenolic OH excluding ortho intramolecular Hbond substituents is 1. The second-order valence-electron chi connectivity index (χ2n) is 6.19. The third-order valence-electron chi connectivity index (χ3n) is 3.88. The Morgan fingerprint density at radius 1 is 1.19 bits per heavy atom. The van der Waals surface area contributed by atoms with Gasteiger partial charge in [0, 0.05) is 5.71 Å². The van der Waals surface area contributed by atoms with Crippen LogP contribution in [0.15, 0.2) is 41.5 Å². The lowest BCUT2D eigenvalue weighted by Gasteiger charge is -2.11. The van der Waals surface area contributed by atoms with Crippen LogP contribution in [0.2, 0.25) is 0 Å². The normalized spacial score (nSPS) is 11.0. The number of aryl methyl sites for hydroxylation is 2. The number of ether oxygens (including phenoxy) is 1. The van der Waals surface area contributed by atoms with Crippen LogP contribution < -0.4 is 15.5 Å². The highest BCUT2D eigenvalue weighted by molar-refractivity contribution is 6.06. The van der Waals surface area contributed by atoms with E-state index in [1.807, 2.05) is 19.1 Å². The third-order valence-corrected chi connectivity index (χ3v) is 3.88. The van der Waals surface area contributed by atoms with Crippen molar-refractivity contribution in [2.24, 2.45) is 5.10 Å². The average Bonchev–Trinajstić information content (AvgIpc) is 2.62. The Bertz CT molecular complexity index is 891. The van der Waals surface area contributed by atoms with Gasteiger partial charge < -0.3 is 15.2 Å². The molecule has 0 aromatic heterocycles. The predicted octanol–water partition coefficient (Wildman–Crippen LogP) is 3.15. The molecule has 2 aromatic rings. The summed E-state index contributed by atoms with van der Waals surface area (Å²) in [6, 6.07) is 10.3. The quantitative estimate of drug-likeness (QED) is 0.538. The first-order valence-corrected chi connectivity index (χ1v) is 8.38. The van der Waals surface area contributed by atoms with Gasteiger partial charge >= 0.3 is 0 Å². The second kappa shape index (κ2) is 8.84. The number of carbonyl (C=O) groups excluding carboxylic acids is 2. The molecule has 0 bridgehead atoms. The van der Waals surface area contributed by atoms with Gasteiger partial charge in [-0.25, -0.2) is 5.43 Å². The number of aromatic hydroxyl groups is 1. The zero-order valence-electron chi connectivity index (χ0n) is 15.8. The summed E-state index contributed by atoms with van der Waals surface area (Å²) in [6.07, 6.45) is -0.00280. The molecule has 2 rings (SSSR count). The number of hydrazone groups is 1. The Hall–Kier alpha value is -3.35. The Morgan fingerprint density at radius 2 is 1.93 bits per heavy atom. The van der Waals surface area contributed by atoms with Crippen molar-refractivity contribution in [2.75, 3.05) is 12.4 Å². The summed E-state index contributed by atoms with van der Waals surface area (Å²) in [6.45, 7) is 5.24. The van der Waals surface area contributed by atoms with Gasteiger partial charge in [-0.2, -0.15) is 5.10 Å². The van der Waals surface area contributed by atoms with Gasteiger partial charge in [-0.15, -0.1) is 0 Å². The SMILES string of the molecule is COc1ccc(C)cc1NC(=O)C/C(C)=N/NC(=O)c1cccc(C)c1O. The molecule has 27 heavy (non-hydrogen) atoms. The van der Waals surface area contributed by atoms with Gasteiger partial charge in [0.25, 0.3) is 5.91 Å². The summed E-state index contributed by atoms with van der Waals surface area (Å²) in [5.41, 5.74) is 5.05. The van der Waals surface area contributed by atoms with Crippen LogP contribution in [0.5, 0.6) is 11.5 Å². The summed E-state index contributed by atoms with van der Waals surface area (Å²) in [4.78, 5) is 24.3. The van der Waals surface area contributed by atoms with Crippen molar-refractivity contribution in [1.82, 2.24) is 5.43 Å². The number of carbonyl (C=O) groups is 2. The first kappa shape index (κ1) is 20.0. The van der Waals surface area contributed by atoms with Gasteiger partial charge in [-0.05, 0) is 50.1 Å². The number of methoxy groups -OCH3 is 1. The van der Waals surface area contributed by atoms with E-state index in [2.05, 4.69) is 15.8 Å². The van der Waals surface area contributed by atoms with E-state index in [1.165, 1.54) is 13.2 Å². The third kappa shape index (κ3) is 5.31. The van der Waals surface area contributed by atoms with Crippen molar-refractivity contribution in [3.8, 4) is 11.5 Å². The number of anilines is 1. The maximum absolute atomic E-state index is 12.2. The number of amides is 2. The van der Waals surface area contributed by atoms with Crippen LogP contribution in [0.25, 0.3) is 0 Å². The second-order valence-corrected chi connectivity index (χ2v) is 6.19. The number of nitrogens with one attached hydrogen (secondary N) is 2. The van der Waals surface area contributed by atoms with Gasteiger partial charge in [-0.1, -0.05) is 18.2 Å². The summed E-state index contributed by atoms with van der Waals surface area (Å²) < 4.78 is 5.23. The minimum Gasteiger partial charge on any atom is -0.507 e. The highest BCUT2D eigenvalue weighted by Crippen LogP contribution is 2.25. The largest absolute Gasteiger partial charge is 0.507 e. The van der Waals surface area contributed by atoms with E-state index in [0.717, 1.165) is 5.56 Å². The molecule has 0 aliphatic heterocycles. The van der Waals surface area contributed by atoms with Gasteiger partial charge in [0.05, 0.1) is 24.8 Å². The zero-order chi connectivity index (χ0) is 20.0. The van der Waals surface area contributed by atoms with E-state index >= 15 is 0 Å². The summed E-state index contributed by atoms with van der Waals surface area (Å²) in [7, 11) is 1.53. The fraction of sp³-hybridized carbons (Fsp3) is 0.250. The molecule has 0 atom stereocenters. The van der Waals surface area contributed by atoms with Crippen molar-refractivity contribution in [3.05, 3.63) is 53.1 Å². The van der Waals surface area contributed by atoms with E-state index in [4.69, 9.17) is 4.74 Å². The van der Waals surface area contributed by atoms with Crippen LogP contribution >= 0.6 is 0 Å². The van der Waals surface area contributed by atoms with E-state index < -0.39 is 5.91 Å². The Kier molecular flexibility index (Phi) is 6.54.